The van der Waals surface area contributed by atoms with Gasteiger partial charge < -0.3 is 4.65 Å². The second kappa shape index (κ2) is 11.9. The Bertz CT molecular complexity index is 518. The van der Waals surface area contributed by atoms with Crippen molar-refractivity contribution in [3.05, 3.63) is 11.7 Å². The van der Waals surface area contributed by atoms with Gasteiger partial charge in [0, 0.05) is 4.75 Å². The van der Waals surface area contributed by atoms with Crippen LogP contribution in [0.4, 0.5) is 0 Å². The van der Waals surface area contributed by atoms with Crippen LogP contribution in [-0.2, 0) is 4.65 Å². The normalized spacial score (nSPS) is 32.4. The van der Waals surface area contributed by atoms with Crippen LogP contribution in [-0.4, -0.2) is 11.7 Å². The molecule has 0 saturated heterocycles. The van der Waals surface area contributed by atoms with Gasteiger partial charge in [-0.25, -0.2) is 0 Å². The van der Waals surface area contributed by atoms with Gasteiger partial charge in [0.15, 0.2) is 0 Å². The van der Waals surface area contributed by atoms with Crippen molar-refractivity contribution >= 4 is 18.7 Å². The predicted octanol–water partition coefficient (Wildman–Crippen LogP) is 9.41. The first-order valence-corrected chi connectivity index (χ1v) is 14.2. The van der Waals surface area contributed by atoms with Crippen LogP contribution in [0.1, 0.15) is 101 Å². The first-order valence-electron chi connectivity index (χ1n) is 13.4. The molecule has 0 heterocycles. The summed E-state index contributed by atoms with van der Waals surface area (Å²) in [5.74, 6) is 6.62. The molecule has 2 aliphatic carbocycles. The highest BCUT2D eigenvalue weighted by molar-refractivity contribution is 8.04. The lowest BCUT2D eigenvalue weighted by Crippen LogP contribution is -2.36. The van der Waals surface area contributed by atoms with Gasteiger partial charge in [-0.05, 0) is 85.7 Å². The molecule has 0 N–H and O–H groups in total. The van der Waals surface area contributed by atoms with E-state index in [9.17, 15) is 0 Å². The summed E-state index contributed by atoms with van der Waals surface area (Å²) >= 11 is 1.81. The zero-order chi connectivity index (χ0) is 23.3. The van der Waals surface area contributed by atoms with Crippen LogP contribution in [0.25, 0.3) is 0 Å². The Morgan fingerprint density at radius 3 is 1.65 bits per heavy atom. The molecule has 0 aromatic carbocycles. The third kappa shape index (κ3) is 9.02. The van der Waals surface area contributed by atoms with Crippen molar-refractivity contribution in [3.8, 4) is 0 Å². The molecule has 0 amide bonds. The Balaban J connectivity index is 2.17. The Hall–Kier alpha value is -0.0451. The standard InChI is InChI=1S/C28H53BOS/c1-19(2)26-13-11-21(5)15-24(26)17-29(30-23(7)31-28(8,9)10)18-25-16-22(6)12-14-27(25)20(3)4/h19-22,24-27H,7,11-18H2,1-6,8-10H3/t21-,22-,24-,25-,26+,27+/m0/s1. The quantitative estimate of drug-likeness (QED) is 0.257. The Labute approximate surface area is 200 Å². The van der Waals surface area contributed by atoms with Crippen LogP contribution in [0.5, 0.6) is 0 Å². The van der Waals surface area contributed by atoms with Crippen LogP contribution in [0, 0.1) is 47.3 Å². The Kier molecular flexibility index (Phi) is 10.4. The minimum absolute atomic E-state index is 0.154. The fourth-order valence-corrected chi connectivity index (χ4v) is 7.63. The summed E-state index contributed by atoms with van der Waals surface area (Å²) < 4.78 is 6.88. The molecule has 0 aromatic rings. The van der Waals surface area contributed by atoms with Gasteiger partial charge in [-0.15, -0.1) is 0 Å². The van der Waals surface area contributed by atoms with E-state index in [2.05, 4.69) is 68.9 Å². The van der Waals surface area contributed by atoms with Crippen LogP contribution >= 0.6 is 11.8 Å². The van der Waals surface area contributed by atoms with E-state index in [1.165, 1.54) is 51.2 Å². The molecule has 0 bridgehead atoms. The van der Waals surface area contributed by atoms with Crippen LogP contribution in [0.15, 0.2) is 11.7 Å². The topological polar surface area (TPSA) is 9.23 Å². The average Bonchev–Trinajstić information content (AvgIpc) is 2.59. The fraction of sp³-hybridized carbons (Fsp3) is 0.929. The highest BCUT2D eigenvalue weighted by Gasteiger charge is 2.39. The maximum absolute atomic E-state index is 6.73. The minimum Gasteiger partial charge on any atom is -0.557 e. The van der Waals surface area contributed by atoms with Crippen LogP contribution in [0.2, 0.25) is 12.6 Å². The fourth-order valence-electron chi connectivity index (χ4n) is 6.76. The molecule has 6 atom stereocenters. The van der Waals surface area contributed by atoms with Gasteiger partial charge in [0.1, 0.15) is 5.09 Å². The van der Waals surface area contributed by atoms with Gasteiger partial charge in [-0.3, -0.25) is 0 Å². The third-order valence-corrected chi connectivity index (χ3v) is 9.11. The second-order valence-electron chi connectivity index (χ2n) is 13.0. The van der Waals surface area contributed by atoms with Gasteiger partial charge in [0.25, 0.3) is 0 Å². The van der Waals surface area contributed by atoms with E-state index in [1.807, 2.05) is 11.8 Å². The molecule has 0 radical (unpaired) electrons. The number of thioether (sulfide) groups is 1. The van der Waals surface area contributed by atoms with Crippen LogP contribution < -0.4 is 0 Å². The lowest BCUT2D eigenvalue weighted by atomic mass is 9.49. The number of rotatable bonds is 9. The van der Waals surface area contributed by atoms with E-state index in [4.69, 9.17) is 4.65 Å². The molecule has 2 rings (SSSR count). The Morgan fingerprint density at radius 1 is 0.871 bits per heavy atom. The monoisotopic (exact) mass is 448 g/mol. The summed E-state index contributed by atoms with van der Waals surface area (Å²) in [7, 11) is 0. The molecule has 2 saturated carbocycles. The first kappa shape index (κ1) is 27.2. The lowest BCUT2D eigenvalue weighted by Gasteiger charge is -2.41. The molecule has 3 heteroatoms. The summed E-state index contributed by atoms with van der Waals surface area (Å²) in [5, 5.41) is 0.937. The van der Waals surface area contributed by atoms with Crippen molar-refractivity contribution in [2.24, 2.45) is 47.3 Å². The molecule has 1 nitrogen and oxygen atoms in total. The highest BCUT2D eigenvalue weighted by atomic mass is 32.2. The van der Waals surface area contributed by atoms with Crippen molar-refractivity contribution in [2.75, 3.05) is 0 Å². The molecular formula is C28H53BOS. The van der Waals surface area contributed by atoms with Gasteiger partial charge in [-0.1, -0.05) is 93.5 Å². The molecule has 0 unspecified atom stereocenters. The third-order valence-electron chi connectivity index (χ3n) is 8.17. The van der Waals surface area contributed by atoms with E-state index in [0.717, 1.165) is 52.4 Å². The minimum atomic E-state index is 0.154. The summed E-state index contributed by atoms with van der Waals surface area (Å²) in [5.41, 5.74) is 0. The van der Waals surface area contributed by atoms with Gasteiger partial charge >= 0.3 is 6.92 Å². The molecule has 0 aliphatic heterocycles. The van der Waals surface area contributed by atoms with E-state index in [1.54, 1.807) is 0 Å². The van der Waals surface area contributed by atoms with Crippen molar-refractivity contribution in [3.63, 3.8) is 0 Å². The maximum Gasteiger partial charge on any atom is 0.358 e. The molecule has 0 spiro atoms. The summed E-state index contributed by atoms with van der Waals surface area (Å²) in [6.45, 7) is 26.1. The van der Waals surface area contributed by atoms with E-state index >= 15 is 0 Å². The summed E-state index contributed by atoms with van der Waals surface area (Å²) in [4.78, 5) is 0. The number of hydrogen-bond acceptors (Lipinski definition) is 2. The molecular weight excluding hydrogens is 395 g/mol. The largest absolute Gasteiger partial charge is 0.557 e. The van der Waals surface area contributed by atoms with Crippen molar-refractivity contribution in [2.45, 2.75) is 118 Å². The smallest absolute Gasteiger partial charge is 0.358 e. The molecule has 2 fully saturated rings. The van der Waals surface area contributed by atoms with Gasteiger partial charge in [0.05, 0.1) is 0 Å². The highest BCUT2D eigenvalue weighted by Crippen LogP contribution is 2.45. The average molecular weight is 449 g/mol. The van der Waals surface area contributed by atoms with Crippen molar-refractivity contribution in [1.29, 1.82) is 0 Å². The number of hydrogen-bond donors (Lipinski definition) is 0. The van der Waals surface area contributed by atoms with Crippen LogP contribution in [0.3, 0.4) is 0 Å². The molecule has 0 aromatic heterocycles. The van der Waals surface area contributed by atoms with E-state index < -0.39 is 0 Å². The zero-order valence-electron chi connectivity index (χ0n) is 22.4. The zero-order valence-corrected chi connectivity index (χ0v) is 23.2. The van der Waals surface area contributed by atoms with Crippen molar-refractivity contribution < 1.29 is 4.65 Å². The van der Waals surface area contributed by atoms with Gasteiger partial charge in [-0.2, -0.15) is 0 Å². The van der Waals surface area contributed by atoms with E-state index in [0.29, 0.717) is 6.92 Å². The Morgan fingerprint density at radius 2 is 1.29 bits per heavy atom. The van der Waals surface area contributed by atoms with Crippen molar-refractivity contribution in [1.82, 2.24) is 0 Å². The van der Waals surface area contributed by atoms with E-state index in [-0.39, 0.29) is 4.75 Å². The SMILES string of the molecule is C=C(OB(C[C@@H]1C[C@@H](C)CC[C@@H]1C(C)C)C[C@@H]1C[C@@H](C)CC[C@@H]1C(C)C)SC(C)(C)C. The lowest BCUT2D eigenvalue weighted by molar-refractivity contribution is 0.146. The second-order valence-corrected chi connectivity index (χ2v) is 14.9. The predicted molar refractivity (Wildman–Crippen MR) is 143 cm³/mol. The molecule has 31 heavy (non-hydrogen) atoms. The first-order chi connectivity index (χ1) is 14.4. The van der Waals surface area contributed by atoms with Gasteiger partial charge in [0.2, 0.25) is 0 Å². The maximum atomic E-state index is 6.73. The summed E-state index contributed by atoms with van der Waals surface area (Å²) in [6.07, 6.45) is 10.9. The molecule has 180 valence electrons. The molecule has 2 aliphatic rings. The summed E-state index contributed by atoms with van der Waals surface area (Å²) in [6, 6.07) is 0.